The van der Waals surface area contributed by atoms with Crippen LogP contribution in [-0.4, -0.2) is 16.9 Å². The molecular weight excluding hydrogens is 389 g/mol. The molecule has 0 aliphatic heterocycles. The van der Waals surface area contributed by atoms with Crippen molar-refractivity contribution in [2.45, 2.75) is 13.8 Å². The van der Waals surface area contributed by atoms with Crippen LogP contribution < -0.4 is 16.4 Å². The molecule has 1 aromatic carbocycles. The lowest BCUT2D eigenvalue weighted by Gasteiger charge is -2.10. The number of aryl methyl sites for hydroxylation is 1. The molecule has 0 saturated heterocycles. The van der Waals surface area contributed by atoms with Crippen LogP contribution in [0.15, 0.2) is 18.2 Å². The molecule has 1 aromatic heterocycles. The summed E-state index contributed by atoms with van der Waals surface area (Å²) in [5, 5.41) is 6.56. The van der Waals surface area contributed by atoms with Gasteiger partial charge in [-0.3, -0.25) is 14.9 Å². The Morgan fingerprint density at radius 3 is 2.29 bits per heavy atom. The summed E-state index contributed by atoms with van der Waals surface area (Å²) in [5.74, 6) is -1.03. The van der Waals surface area contributed by atoms with Crippen molar-refractivity contribution in [1.82, 2.24) is 5.32 Å². The summed E-state index contributed by atoms with van der Waals surface area (Å²) in [6, 6.07) is 4.46. The number of hydrogen-bond donors (Lipinski definition) is 3. The van der Waals surface area contributed by atoms with Gasteiger partial charge < -0.3 is 11.1 Å². The van der Waals surface area contributed by atoms with Crippen LogP contribution in [0.1, 0.15) is 31.2 Å². The standard InChI is InChI=1S/C15H13Cl2N3O2S2/c1-6-7(2)24-14(11(6)12(18)21)20-15(23)19-13(22)8-3-9(16)5-10(17)4-8/h3-5H,1-2H3,(H2,18,21)(H2,19,20,22,23). The van der Waals surface area contributed by atoms with Crippen LogP contribution in [0.3, 0.4) is 0 Å². The predicted octanol–water partition coefficient (Wildman–Crippen LogP) is 3.90. The van der Waals surface area contributed by atoms with E-state index in [1.165, 1.54) is 29.5 Å². The van der Waals surface area contributed by atoms with E-state index in [0.29, 0.717) is 20.6 Å². The van der Waals surface area contributed by atoms with Crippen molar-refractivity contribution < 1.29 is 9.59 Å². The Kier molecular flexibility index (Phi) is 5.82. The number of nitrogens with two attached hydrogens (primary N) is 1. The van der Waals surface area contributed by atoms with Crippen molar-refractivity contribution in [2.75, 3.05) is 5.32 Å². The lowest BCUT2D eigenvalue weighted by atomic mass is 10.1. The molecule has 4 N–H and O–H groups in total. The molecule has 9 heteroatoms. The fraction of sp³-hybridized carbons (Fsp3) is 0.133. The first kappa shape index (κ1) is 18.7. The van der Waals surface area contributed by atoms with Crippen molar-refractivity contribution in [2.24, 2.45) is 5.73 Å². The second-order valence-electron chi connectivity index (χ2n) is 4.92. The number of rotatable bonds is 3. The summed E-state index contributed by atoms with van der Waals surface area (Å²) in [7, 11) is 0. The first-order chi connectivity index (χ1) is 11.2. The smallest absolute Gasteiger partial charge is 0.257 e. The maximum absolute atomic E-state index is 12.2. The lowest BCUT2D eigenvalue weighted by molar-refractivity contribution is 0.0975. The van der Waals surface area contributed by atoms with E-state index in [4.69, 9.17) is 41.2 Å². The normalized spacial score (nSPS) is 10.3. The minimum atomic E-state index is -0.560. The van der Waals surface area contributed by atoms with Crippen LogP contribution in [0, 0.1) is 13.8 Å². The van der Waals surface area contributed by atoms with Gasteiger partial charge in [-0.2, -0.15) is 0 Å². The van der Waals surface area contributed by atoms with E-state index in [1.807, 2.05) is 6.92 Å². The molecule has 5 nitrogen and oxygen atoms in total. The minimum absolute atomic E-state index is 0.0415. The molecule has 0 radical (unpaired) electrons. The van der Waals surface area contributed by atoms with Crippen molar-refractivity contribution >= 4 is 68.7 Å². The Balaban J connectivity index is 2.15. The van der Waals surface area contributed by atoms with Crippen LogP contribution in [-0.2, 0) is 0 Å². The SMILES string of the molecule is Cc1sc(NC(=S)NC(=O)c2cc(Cl)cc(Cl)c2)c(C(N)=O)c1C. The highest BCUT2D eigenvalue weighted by molar-refractivity contribution is 7.80. The molecule has 1 heterocycles. The number of carbonyl (C=O) groups is 2. The second-order valence-corrected chi connectivity index (χ2v) is 7.42. The molecule has 0 aliphatic rings. The van der Waals surface area contributed by atoms with Crippen molar-refractivity contribution in [3.8, 4) is 0 Å². The minimum Gasteiger partial charge on any atom is -0.365 e. The van der Waals surface area contributed by atoms with Crippen LogP contribution in [0.2, 0.25) is 10.0 Å². The molecule has 126 valence electrons. The van der Waals surface area contributed by atoms with Gasteiger partial charge in [-0.1, -0.05) is 23.2 Å². The number of benzene rings is 1. The van der Waals surface area contributed by atoms with E-state index in [0.717, 1.165) is 10.4 Å². The monoisotopic (exact) mass is 401 g/mol. The molecule has 0 atom stereocenters. The summed E-state index contributed by atoms with van der Waals surface area (Å²) < 4.78 is 0. The summed E-state index contributed by atoms with van der Waals surface area (Å²) >= 11 is 18.2. The van der Waals surface area contributed by atoms with Crippen LogP contribution in [0.25, 0.3) is 0 Å². The number of halogens is 2. The highest BCUT2D eigenvalue weighted by Gasteiger charge is 2.19. The van der Waals surface area contributed by atoms with Gasteiger partial charge in [0.05, 0.1) is 5.56 Å². The summed E-state index contributed by atoms with van der Waals surface area (Å²) in [6.45, 7) is 3.67. The first-order valence-electron chi connectivity index (χ1n) is 6.67. The van der Waals surface area contributed by atoms with E-state index in [9.17, 15) is 9.59 Å². The molecule has 0 bridgehead atoms. The van der Waals surface area contributed by atoms with E-state index >= 15 is 0 Å². The number of thiophene rings is 1. The van der Waals surface area contributed by atoms with E-state index < -0.39 is 11.8 Å². The number of carbonyl (C=O) groups excluding carboxylic acids is 2. The van der Waals surface area contributed by atoms with Gasteiger partial charge in [-0.15, -0.1) is 11.3 Å². The molecule has 0 saturated carbocycles. The third-order valence-electron chi connectivity index (χ3n) is 3.21. The fourth-order valence-corrected chi connectivity index (χ4v) is 3.86. The average Bonchev–Trinajstić information content (AvgIpc) is 2.72. The summed E-state index contributed by atoms with van der Waals surface area (Å²) in [5.41, 5.74) is 6.81. The van der Waals surface area contributed by atoms with E-state index in [1.54, 1.807) is 6.92 Å². The fourth-order valence-electron chi connectivity index (χ4n) is 2.01. The quantitative estimate of drug-likeness (QED) is 0.680. The zero-order valence-electron chi connectivity index (χ0n) is 12.7. The zero-order chi connectivity index (χ0) is 18.0. The largest absolute Gasteiger partial charge is 0.365 e. The van der Waals surface area contributed by atoms with Gasteiger partial charge in [0.25, 0.3) is 11.8 Å². The molecule has 0 spiro atoms. The number of nitrogens with one attached hydrogen (secondary N) is 2. The summed E-state index contributed by atoms with van der Waals surface area (Å²) in [6.07, 6.45) is 0. The zero-order valence-corrected chi connectivity index (χ0v) is 15.8. The molecule has 2 amide bonds. The molecule has 0 aliphatic carbocycles. The second kappa shape index (κ2) is 7.48. The third kappa shape index (κ3) is 4.24. The number of amides is 2. The van der Waals surface area contributed by atoms with E-state index in [-0.39, 0.29) is 10.7 Å². The maximum Gasteiger partial charge on any atom is 0.257 e. The van der Waals surface area contributed by atoms with Gasteiger partial charge in [0, 0.05) is 20.5 Å². The van der Waals surface area contributed by atoms with Crippen molar-refractivity contribution in [3.05, 3.63) is 49.8 Å². The Morgan fingerprint density at radius 1 is 1.17 bits per heavy atom. The van der Waals surface area contributed by atoms with Gasteiger partial charge >= 0.3 is 0 Å². The number of anilines is 1. The summed E-state index contributed by atoms with van der Waals surface area (Å²) in [4.78, 5) is 24.7. The topological polar surface area (TPSA) is 84.2 Å². The number of thiocarbonyl (C=S) groups is 1. The highest BCUT2D eigenvalue weighted by atomic mass is 35.5. The van der Waals surface area contributed by atoms with Gasteiger partial charge in [0.1, 0.15) is 5.00 Å². The van der Waals surface area contributed by atoms with Crippen LogP contribution >= 0.6 is 46.8 Å². The number of primary amides is 1. The molecule has 0 fully saturated rings. The molecule has 2 rings (SSSR count). The molecule has 24 heavy (non-hydrogen) atoms. The van der Waals surface area contributed by atoms with Gasteiger partial charge in [-0.05, 0) is 49.8 Å². The van der Waals surface area contributed by atoms with Gasteiger partial charge in [-0.25, -0.2) is 0 Å². The Bertz CT molecular complexity index is 829. The van der Waals surface area contributed by atoms with E-state index in [2.05, 4.69) is 10.6 Å². The van der Waals surface area contributed by atoms with Crippen LogP contribution in [0.5, 0.6) is 0 Å². The molecule has 2 aromatic rings. The lowest BCUT2D eigenvalue weighted by Crippen LogP contribution is -2.34. The Hall–Kier alpha value is -1.67. The Morgan fingerprint density at radius 2 is 1.75 bits per heavy atom. The first-order valence-corrected chi connectivity index (χ1v) is 8.65. The maximum atomic E-state index is 12.2. The average molecular weight is 402 g/mol. The van der Waals surface area contributed by atoms with Crippen molar-refractivity contribution in [3.63, 3.8) is 0 Å². The number of hydrogen-bond acceptors (Lipinski definition) is 4. The van der Waals surface area contributed by atoms with Gasteiger partial charge in [0.2, 0.25) is 0 Å². The van der Waals surface area contributed by atoms with Crippen LogP contribution in [0.4, 0.5) is 5.00 Å². The third-order valence-corrected chi connectivity index (χ3v) is 4.97. The highest BCUT2D eigenvalue weighted by Crippen LogP contribution is 2.32. The molecular formula is C15H13Cl2N3O2S2. The molecule has 0 unspecified atom stereocenters. The van der Waals surface area contributed by atoms with Crippen molar-refractivity contribution in [1.29, 1.82) is 0 Å². The Labute approximate surface area is 158 Å². The predicted molar refractivity (Wildman–Crippen MR) is 102 cm³/mol. The van der Waals surface area contributed by atoms with Gasteiger partial charge in [0.15, 0.2) is 5.11 Å².